The van der Waals surface area contributed by atoms with E-state index in [1.807, 2.05) is 12.1 Å². The van der Waals surface area contributed by atoms with Crippen LogP contribution in [0.15, 0.2) is 24.3 Å². The van der Waals surface area contributed by atoms with Crippen LogP contribution in [0.1, 0.15) is 37.6 Å². The summed E-state index contributed by atoms with van der Waals surface area (Å²) < 4.78 is 0. The van der Waals surface area contributed by atoms with Gasteiger partial charge in [-0.15, -0.1) is 0 Å². The van der Waals surface area contributed by atoms with Crippen molar-refractivity contribution in [2.75, 3.05) is 37.6 Å². The number of nitrogens with zero attached hydrogens (tertiary/aromatic N) is 2. The van der Waals surface area contributed by atoms with Gasteiger partial charge < -0.3 is 14.9 Å². The molecule has 1 aromatic rings. The van der Waals surface area contributed by atoms with Gasteiger partial charge in [-0.05, 0) is 57.2 Å². The third-order valence-electron chi connectivity index (χ3n) is 3.66. The van der Waals surface area contributed by atoms with Gasteiger partial charge in [-0.2, -0.15) is 0 Å². The second-order valence-electron chi connectivity index (χ2n) is 4.81. The second kappa shape index (κ2) is 8.59. The zero-order valence-corrected chi connectivity index (χ0v) is 12.8. The molecule has 0 aliphatic rings. The first kappa shape index (κ1) is 16.5. The SMILES string of the molecule is CCN(CC)CCCN(CC)c1ccc(C(=O)O)cc1. The molecule has 4 nitrogen and oxygen atoms in total. The molecule has 1 rings (SSSR count). The highest BCUT2D eigenvalue weighted by Gasteiger charge is 2.07. The van der Waals surface area contributed by atoms with E-state index in [1.165, 1.54) is 0 Å². The smallest absolute Gasteiger partial charge is 0.335 e. The number of carboxylic acids is 1. The van der Waals surface area contributed by atoms with Crippen molar-refractivity contribution in [3.05, 3.63) is 29.8 Å². The molecule has 0 radical (unpaired) electrons. The Morgan fingerprint density at radius 2 is 1.60 bits per heavy atom. The maximum Gasteiger partial charge on any atom is 0.335 e. The number of aromatic carboxylic acids is 1. The third kappa shape index (κ3) is 4.85. The molecule has 0 aliphatic carbocycles. The molecule has 0 heterocycles. The molecular formula is C16H26N2O2. The van der Waals surface area contributed by atoms with Crippen molar-refractivity contribution < 1.29 is 9.90 Å². The number of carbonyl (C=O) groups is 1. The number of anilines is 1. The Balaban J connectivity index is 2.55. The van der Waals surface area contributed by atoms with Gasteiger partial charge in [0.05, 0.1) is 5.56 Å². The average Bonchev–Trinajstić information content (AvgIpc) is 2.48. The number of rotatable bonds is 9. The van der Waals surface area contributed by atoms with Crippen LogP contribution in [-0.4, -0.2) is 48.7 Å². The average molecular weight is 278 g/mol. The van der Waals surface area contributed by atoms with Crippen LogP contribution >= 0.6 is 0 Å². The van der Waals surface area contributed by atoms with Crippen molar-refractivity contribution in [3.63, 3.8) is 0 Å². The van der Waals surface area contributed by atoms with Gasteiger partial charge in [-0.25, -0.2) is 4.79 Å². The van der Waals surface area contributed by atoms with Gasteiger partial charge in [0.1, 0.15) is 0 Å². The van der Waals surface area contributed by atoms with Crippen molar-refractivity contribution >= 4 is 11.7 Å². The lowest BCUT2D eigenvalue weighted by atomic mass is 10.2. The molecule has 0 saturated carbocycles. The lowest BCUT2D eigenvalue weighted by Gasteiger charge is -2.25. The van der Waals surface area contributed by atoms with E-state index in [1.54, 1.807) is 12.1 Å². The largest absolute Gasteiger partial charge is 0.478 e. The molecule has 0 atom stereocenters. The number of carboxylic acid groups (broad SMARTS) is 1. The molecule has 0 fully saturated rings. The molecule has 0 bridgehead atoms. The molecule has 0 unspecified atom stereocenters. The van der Waals surface area contributed by atoms with Crippen LogP contribution in [0.5, 0.6) is 0 Å². The maximum absolute atomic E-state index is 10.8. The normalized spacial score (nSPS) is 10.8. The molecule has 4 heteroatoms. The van der Waals surface area contributed by atoms with Crippen molar-refractivity contribution in [2.45, 2.75) is 27.2 Å². The fourth-order valence-corrected chi connectivity index (χ4v) is 2.31. The Labute approximate surface area is 122 Å². The maximum atomic E-state index is 10.8. The summed E-state index contributed by atoms with van der Waals surface area (Å²) in [5.74, 6) is -0.874. The van der Waals surface area contributed by atoms with Crippen LogP contribution < -0.4 is 4.90 Å². The summed E-state index contributed by atoms with van der Waals surface area (Å²) in [5.41, 5.74) is 1.44. The zero-order valence-electron chi connectivity index (χ0n) is 12.8. The van der Waals surface area contributed by atoms with Crippen molar-refractivity contribution in [3.8, 4) is 0 Å². The van der Waals surface area contributed by atoms with Crippen LogP contribution in [0.4, 0.5) is 5.69 Å². The van der Waals surface area contributed by atoms with Gasteiger partial charge >= 0.3 is 5.97 Å². The monoisotopic (exact) mass is 278 g/mol. The summed E-state index contributed by atoms with van der Waals surface area (Å²) in [5, 5.41) is 8.91. The van der Waals surface area contributed by atoms with E-state index < -0.39 is 5.97 Å². The van der Waals surface area contributed by atoms with Gasteiger partial charge in [0, 0.05) is 18.8 Å². The topological polar surface area (TPSA) is 43.8 Å². The summed E-state index contributed by atoms with van der Waals surface area (Å²) in [6.45, 7) is 11.7. The van der Waals surface area contributed by atoms with Crippen LogP contribution in [0, 0.1) is 0 Å². The van der Waals surface area contributed by atoms with Crippen LogP contribution in [0.2, 0.25) is 0 Å². The van der Waals surface area contributed by atoms with E-state index in [-0.39, 0.29) is 0 Å². The van der Waals surface area contributed by atoms with E-state index in [4.69, 9.17) is 5.11 Å². The quantitative estimate of drug-likeness (QED) is 0.754. The fraction of sp³-hybridized carbons (Fsp3) is 0.562. The van der Waals surface area contributed by atoms with Gasteiger partial charge in [0.2, 0.25) is 0 Å². The first-order valence-corrected chi connectivity index (χ1v) is 7.43. The van der Waals surface area contributed by atoms with E-state index in [2.05, 4.69) is 30.6 Å². The molecule has 0 spiro atoms. The lowest BCUT2D eigenvalue weighted by molar-refractivity contribution is 0.0697. The molecule has 0 aromatic heterocycles. The van der Waals surface area contributed by atoms with Gasteiger partial charge in [-0.3, -0.25) is 0 Å². The number of benzene rings is 1. The molecular weight excluding hydrogens is 252 g/mol. The lowest BCUT2D eigenvalue weighted by Crippen LogP contribution is -2.30. The molecule has 0 aliphatic heterocycles. The number of hydrogen-bond donors (Lipinski definition) is 1. The Bertz CT molecular complexity index is 399. The van der Waals surface area contributed by atoms with E-state index >= 15 is 0 Å². The first-order chi connectivity index (χ1) is 9.62. The third-order valence-corrected chi connectivity index (χ3v) is 3.66. The summed E-state index contributed by atoms with van der Waals surface area (Å²) in [6, 6.07) is 7.13. The minimum absolute atomic E-state index is 0.341. The van der Waals surface area contributed by atoms with E-state index in [9.17, 15) is 4.79 Å². The standard InChI is InChI=1S/C16H26N2O2/c1-4-17(5-2)12-7-13-18(6-3)15-10-8-14(9-11-15)16(19)20/h8-11H,4-7,12-13H2,1-3H3,(H,19,20). The Hall–Kier alpha value is -1.55. The van der Waals surface area contributed by atoms with Gasteiger partial charge in [0.15, 0.2) is 0 Å². The van der Waals surface area contributed by atoms with E-state index in [0.717, 1.165) is 44.8 Å². The molecule has 0 amide bonds. The molecule has 20 heavy (non-hydrogen) atoms. The van der Waals surface area contributed by atoms with Crippen molar-refractivity contribution in [2.24, 2.45) is 0 Å². The van der Waals surface area contributed by atoms with Crippen molar-refractivity contribution in [1.82, 2.24) is 4.90 Å². The highest BCUT2D eigenvalue weighted by Crippen LogP contribution is 2.15. The Morgan fingerprint density at radius 3 is 2.05 bits per heavy atom. The molecule has 0 saturated heterocycles. The van der Waals surface area contributed by atoms with Gasteiger partial charge in [-0.1, -0.05) is 13.8 Å². The van der Waals surface area contributed by atoms with E-state index in [0.29, 0.717) is 5.56 Å². The fourth-order valence-electron chi connectivity index (χ4n) is 2.31. The predicted octanol–water partition coefficient (Wildman–Crippen LogP) is 2.94. The second-order valence-corrected chi connectivity index (χ2v) is 4.81. The number of hydrogen-bond acceptors (Lipinski definition) is 3. The van der Waals surface area contributed by atoms with Gasteiger partial charge in [0.25, 0.3) is 0 Å². The molecule has 1 aromatic carbocycles. The van der Waals surface area contributed by atoms with Crippen LogP contribution in [0.3, 0.4) is 0 Å². The molecule has 1 N–H and O–H groups in total. The first-order valence-electron chi connectivity index (χ1n) is 7.43. The van der Waals surface area contributed by atoms with Crippen LogP contribution in [-0.2, 0) is 0 Å². The predicted molar refractivity (Wildman–Crippen MR) is 83.7 cm³/mol. The Morgan fingerprint density at radius 1 is 1.00 bits per heavy atom. The van der Waals surface area contributed by atoms with Crippen LogP contribution in [0.25, 0.3) is 0 Å². The summed E-state index contributed by atoms with van der Waals surface area (Å²) in [6.07, 6.45) is 1.12. The summed E-state index contributed by atoms with van der Waals surface area (Å²) in [4.78, 5) is 15.6. The zero-order chi connectivity index (χ0) is 15.0. The summed E-state index contributed by atoms with van der Waals surface area (Å²) in [7, 11) is 0. The summed E-state index contributed by atoms with van der Waals surface area (Å²) >= 11 is 0. The highest BCUT2D eigenvalue weighted by atomic mass is 16.4. The minimum Gasteiger partial charge on any atom is -0.478 e. The van der Waals surface area contributed by atoms with Crippen molar-refractivity contribution in [1.29, 1.82) is 0 Å². The molecule has 112 valence electrons. The highest BCUT2D eigenvalue weighted by molar-refractivity contribution is 5.88. The Kier molecular flexibility index (Phi) is 7.09. The minimum atomic E-state index is -0.874.